The Morgan fingerprint density at radius 3 is 2.57 bits per heavy atom. The van der Waals surface area contributed by atoms with Gasteiger partial charge in [-0.1, -0.05) is 6.08 Å². The zero-order chi connectivity index (χ0) is 15.8. The number of anilines is 1. The molecule has 1 aromatic carbocycles. The lowest BCUT2D eigenvalue weighted by Crippen LogP contribution is -2.34. The van der Waals surface area contributed by atoms with Gasteiger partial charge in [0.1, 0.15) is 11.5 Å². The molecule has 0 bridgehead atoms. The Morgan fingerprint density at radius 1 is 1.33 bits per heavy atom. The smallest absolute Gasteiger partial charge is 0.256 e. The molecule has 1 aromatic rings. The van der Waals surface area contributed by atoms with Gasteiger partial charge in [0.2, 0.25) is 0 Å². The highest BCUT2D eigenvalue weighted by molar-refractivity contribution is 6.01. The van der Waals surface area contributed by atoms with Crippen LogP contribution >= 0.6 is 0 Å². The first-order chi connectivity index (χ1) is 10.1. The zero-order valence-corrected chi connectivity index (χ0v) is 12.7. The molecule has 0 atom stereocenters. The van der Waals surface area contributed by atoms with E-state index in [4.69, 9.17) is 19.9 Å². The summed E-state index contributed by atoms with van der Waals surface area (Å²) in [5, 5.41) is 0. The molecule has 0 unspecified atom stereocenters. The van der Waals surface area contributed by atoms with Gasteiger partial charge in [-0.2, -0.15) is 0 Å². The Morgan fingerprint density at radius 2 is 2.05 bits per heavy atom. The second-order valence-electron chi connectivity index (χ2n) is 4.32. The fourth-order valence-electron chi connectivity index (χ4n) is 1.87. The van der Waals surface area contributed by atoms with E-state index in [0.29, 0.717) is 36.8 Å². The Balaban J connectivity index is 3.16. The summed E-state index contributed by atoms with van der Waals surface area (Å²) < 4.78 is 15.4. The lowest BCUT2D eigenvalue weighted by molar-refractivity contribution is 0.0718. The van der Waals surface area contributed by atoms with Gasteiger partial charge in [-0.05, 0) is 6.07 Å². The number of rotatable bonds is 8. The Labute approximate surface area is 125 Å². The molecule has 0 aliphatic carbocycles. The van der Waals surface area contributed by atoms with Crippen molar-refractivity contribution in [3.63, 3.8) is 0 Å². The molecular formula is C15H22N2O4. The summed E-state index contributed by atoms with van der Waals surface area (Å²) in [7, 11) is 4.59. The number of hydrogen-bond acceptors (Lipinski definition) is 5. The van der Waals surface area contributed by atoms with E-state index in [2.05, 4.69) is 6.58 Å². The number of nitrogens with two attached hydrogens (primary N) is 1. The molecule has 0 radical (unpaired) electrons. The van der Waals surface area contributed by atoms with E-state index in [1.54, 1.807) is 30.2 Å². The molecule has 116 valence electrons. The quantitative estimate of drug-likeness (QED) is 0.582. The number of benzene rings is 1. The molecule has 0 spiro atoms. The van der Waals surface area contributed by atoms with Crippen LogP contribution in [0.15, 0.2) is 24.8 Å². The van der Waals surface area contributed by atoms with E-state index in [0.717, 1.165) is 0 Å². The standard InChI is InChI=1S/C15H22N2O4/c1-5-6-17(7-8-19-2)15(18)12-9-11(20-3)10-13(21-4)14(12)16/h5,9-10H,1,6-8,16H2,2-4H3. The monoisotopic (exact) mass is 294 g/mol. The maximum atomic E-state index is 12.6. The van der Waals surface area contributed by atoms with Crippen molar-refractivity contribution in [3.8, 4) is 11.5 Å². The Bertz CT molecular complexity index is 503. The van der Waals surface area contributed by atoms with E-state index in [1.165, 1.54) is 14.2 Å². The van der Waals surface area contributed by atoms with Crippen LogP contribution in [0, 0.1) is 0 Å². The van der Waals surface area contributed by atoms with Crippen LogP contribution < -0.4 is 15.2 Å². The van der Waals surface area contributed by atoms with Crippen LogP contribution in [0.4, 0.5) is 5.69 Å². The molecule has 0 saturated carbocycles. The number of nitrogens with zero attached hydrogens (tertiary/aromatic N) is 1. The highest BCUT2D eigenvalue weighted by atomic mass is 16.5. The maximum absolute atomic E-state index is 12.6. The average molecular weight is 294 g/mol. The average Bonchev–Trinajstić information content (AvgIpc) is 2.51. The van der Waals surface area contributed by atoms with Crippen LogP contribution in [0.1, 0.15) is 10.4 Å². The number of methoxy groups -OCH3 is 3. The van der Waals surface area contributed by atoms with Gasteiger partial charge in [0, 0.05) is 26.3 Å². The van der Waals surface area contributed by atoms with Gasteiger partial charge in [0.15, 0.2) is 0 Å². The Hall–Kier alpha value is -2.21. The van der Waals surface area contributed by atoms with Gasteiger partial charge in [0.05, 0.1) is 32.1 Å². The molecule has 0 fully saturated rings. The highest BCUT2D eigenvalue weighted by Crippen LogP contribution is 2.31. The van der Waals surface area contributed by atoms with Crippen LogP contribution in [-0.4, -0.2) is 51.8 Å². The summed E-state index contributed by atoms with van der Waals surface area (Å²) in [5.74, 6) is 0.694. The van der Waals surface area contributed by atoms with Gasteiger partial charge in [-0.15, -0.1) is 6.58 Å². The SMILES string of the molecule is C=CCN(CCOC)C(=O)c1cc(OC)cc(OC)c1N. The maximum Gasteiger partial charge on any atom is 0.256 e. The topological polar surface area (TPSA) is 74.0 Å². The van der Waals surface area contributed by atoms with Gasteiger partial charge >= 0.3 is 0 Å². The summed E-state index contributed by atoms with van der Waals surface area (Å²) >= 11 is 0. The van der Waals surface area contributed by atoms with E-state index in [1.807, 2.05) is 0 Å². The molecule has 21 heavy (non-hydrogen) atoms. The van der Waals surface area contributed by atoms with Crippen molar-refractivity contribution < 1.29 is 19.0 Å². The van der Waals surface area contributed by atoms with Crippen LogP contribution in [-0.2, 0) is 4.74 Å². The Kier molecular flexibility index (Phi) is 6.55. The van der Waals surface area contributed by atoms with Crippen LogP contribution in [0.25, 0.3) is 0 Å². The number of carbonyl (C=O) groups excluding carboxylic acids is 1. The fraction of sp³-hybridized carbons (Fsp3) is 0.400. The molecule has 0 aromatic heterocycles. The van der Waals surface area contributed by atoms with Crippen LogP contribution in [0.2, 0.25) is 0 Å². The molecule has 0 heterocycles. The van der Waals surface area contributed by atoms with Crippen molar-refractivity contribution in [2.45, 2.75) is 0 Å². The molecule has 1 amide bonds. The summed E-state index contributed by atoms with van der Waals surface area (Å²) in [6.07, 6.45) is 1.65. The molecule has 0 aliphatic rings. The zero-order valence-electron chi connectivity index (χ0n) is 12.7. The second kappa shape index (κ2) is 8.16. The third kappa shape index (κ3) is 4.13. The van der Waals surface area contributed by atoms with Gasteiger partial charge in [-0.25, -0.2) is 0 Å². The number of carbonyl (C=O) groups is 1. The predicted molar refractivity (Wildman–Crippen MR) is 81.9 cm³/mol. The number of amides is 1. The summed E-state index contributed by atoms with van der Waals surface area (Å²) in [6, 6.07) is 3.24. The van der Waals surface area contributed by atoms with Crippen molar-refractivity contribution in [3.05, 3.63) is 30.4 Å². The van der Waals surface area contributed by atoms with Crippen molar-refractivity contribution in [2.24, 2.45) is 0 Å². The summed E-state index contributed by atoms with van der Waals surface area (Å²) in [5.41, 5.74) is 6.62. The molecule has 6 heteroatoms. The third-order valence-electron chi connectivity index (χ3n) is 3.00. The normalized spacial score (nSPS) is 10.0. The fourth-order valence-corrected chi connectivity index (χ4v) is 1.87. The van der Waals surface area contributed by atoms with Gasteiger partial charge < -0.3 is 24.8 Å². The van der Waals surface area contributed by atoms with E-state index < -0.39 is 0 Å². The first kappa shape index (κ1) is 16.8. The lowest BCUT2D eigenvalue weighted by Gasteiger charge is -2.22. The lowest BCUT2D eigenvalue weighted by atomic mass is 10.1. The van der Waals surface area contributed by atoms with Crippen molar-refractivity contribution in [1.29, 1.82) is 0 Å². The van der Waals surface area contributed by atoms with E-state index in [-0.39, 0.29) is 11.6 Å². The first-order valence-electron chi connectivity index (χ1n) is 6.49. The first-order valence-corrected chi connectivity index (χ1v) is 6.49. The van der Waals surface area contributed by atoms with Crippen molar-refractivity contribution in [1.82, 2.24) is 4.90 Å². The molecule has 1 rings (SSSR count). The highest BCUT2D eigenvalue weighted by Gasteiger charge is 2.20. The molecule has 2 N–H and O–H groups in total. The number of ether oxygens (including phenoxy) is 3. The number of nitrogen functional groups attached to an aromatic ring is 1. The van der Waals surface area contributed by atoms with Crippen molar-refractivity contribution >= 4 is 11.6 Å². The minimum absolute atomic E-state index is 0.221. The summed E-state index contributed by atoms with van der Waals surface area (Å²) in [6.45, 7) is 4.94. The summed E-state index contributed by atoms with van der Waals surface area (Å²) in [4.78, 5) is 14.2. The minimum atomic E-state index is -0.221. The predicted octanol–water partition coefficient (Wildman–Crippen LogP) is 1.56. The van der Waals surface area contributed by atoms with Gasteiger partial charge in [-0.3, -0.25) is 4.79 Å². The largest absolute Gasteiger partial charge is 0.497 e. The van der Waals surface area contributed by atoms with Crippen LogP contribution in [0.3, 0.4) is 0 Å². The molecule has 0 aliphatic heterocycles. The van der Waals surface area contributed by atoms with Crippen LogP contribution in [0.5, 0.6) is 11.5 Å². The van der Waals surface area contributed by atoms with E-state index in [9.17, 15) is 4.79 Å². The second-order valence-corrected chi connectivity index (χ2v) is 4.32. The molecule has 6 nitrogen and oxygen atoms in total. The van der Waals surface area contributed by atoms with E-state index >= 15 is 0 Å². The molecule has 0 saturated heterocycles. The molecular weight excluding hydrogens is 272 g/mol. The van der Waals surface area contributed by atoms with Crippen molar-refractivity contribution in [2.75, 3.05) is 46.8 Å². The minimum Gasteiger partial charge on any atom is -0.497 e. The number of hydrogen-bond donors (Lipinski definition) is 1. The third-order valence-corrected chi connectivity index (χ3v) is 3.00. The van der Waals surface area contributed by atoms with Gasteiger partial charge in [0.25, 0.3) is 5.91 Å².